The number of nitrogens with zero attached hydrogens (tertiary/aromatic N) is 1. The van der Waals surface area contributed by atoms with Gasteiger partial charge in [0.15, 0.2) is 0 Å². The zero-order valence-electron chi connectivity index (χ0n) is 13.5. The Morgan fingerprint density at radius 1 is 1.17 bits per heavy atom. The van der Waals surface area contributed by atoms with Gasteiger partial charge in [-0.25, -0.2) is 12.8 Å². The van der Waals surface area contributed by atoms with E-state index in [9.17, 15) is 17.6 Å². The highest BCUT2D eigenvalue weighted by molar-refractivity contribution is 7.89. The quantitative estimate of drug-likeness (QED) is 0.871. The number of aryl methyl sites for hydroxylation is 1. The third-order valence-electron chi connectivity index (χ3n) is 3.44. The molecule has 0 radical (unpaired) electrons. The lowest BCUT2D eigenvalue weighted by Crippen LogP contribution is -2.37. The van der Waals surface area contributed by atoms with Gasteiger partial charge >= 0.3 is 0 Å². The smallest absolute Gasteiger partial charge is 0.243 e. The van der Waals surface area contributed by atoms with E-state index in [1.54, 1.807) is 19.1 Å². The van der Waals surface area contributed by atoms with Crippen LogP contribution in [0.15, 0.2) is 53.4 Å². The van der Waals surface area contributed by atoms with Gasteiger partial charge in [-0.15, -0.1) is 0 Å². The number of likely N-dealkylation sites (N-methyl/N-ethyl adjacent to an activating group) is 1. The summed E-state index contributed by atoms with van der Waals surface area (Å²) in [7, 11) is -3.76. The largest absolute Gasteiger partial charge is 0.325 e. The van der Waals surface area contributed by atoms with Crippen LogP contribution < -0.4 is 5.32 Å². The summed E-state index contributed by atoms with van der Waals surface area (Å²) in [5, 5.41) is 2.50. The number of nitrogens with one attached hydrogen (secondary N) is 1. The Labute approximate surface area is 141 Å². The van der Waals surface area contributed by atoms with E-state index >= 15 is 0 Å². The van der Waals surface area contributed by atoms with Crippen molar-refractivity contribution in [2.24, 2.45) is 0 Å². The predicted molar refractivity (Wildman–Crippen MR) is 90.6 cm³/mol. The number of anilines is 1. The molecule has 2 aromatic rings. The molecule has 0 aliphatic heterocycles. The van der Waals surface area contributed by atoms with Crippen molar-refractivity contribution >= 4 is 21.6 Å². The fraction of sp³-hybridized carbons (Fsp3) is 0.235. The number of rotatable bonds is 6. The molecule has 0 bridgehead atoms. The predicted octanol–water partition coefficient (Wildman–Crippen LogP) is 2.78. The normalized spacial score (nSPS) is 11.5. The van der Waals surface area contributed by atoms with E-state index in [2.05, 4.69) is 5.32 Å². The zero-order chi connectivity index (χ0) is 17.7. The van der Waals surface area contributed by atoms with Gasteiger partial charge in [-0.2, -0.15) is 4.31 Å². The van der Waals surface area contributed by atoms with Crippen LogP contribution in [0.4, 0.5) is 10.1 Å². The van der Waals surface area contributed by atoms with Crippen LogP contribution in [0.5, 0.6) is 0 Å². The summed E-state index contributed by atoms with van der Waals surface area (Å²) >= 11 is 0. The molecule has 1 amide bonds. The van der Waals surface area contributed by atoms with Gasteiger partial charge in [0.1, 0.15) is 5.82 Å². The summed E-state index contributed by atoms with van der Waals surface area (Å²) in [5.74, 6) is -1.01. The van der Waals surface area contributed by atoms with Gasteiger partial charge in [0.25, 0.3) is 0 Å². The first-order valence-corrected chi connectivity index (χ1v) is 8.89. The summed E-state index contributed by atoms with van der Waals surface area (Å²) in [6.07, 6.45) is 0. The highest BCUT2D eigenvalue weighted by Crippen LogP contribution is 2.16. The zero-order valence-corrected chi connectivity index (χ0v) is 14.3. The van der Waals surface area contributed by atoms with Crippen LogP contribution >= 0.6 is 0 Å². The fourth-order valence-corrected chi connectivity index (χ4v) is 3.56. The molecular formula is C17H19FN2O3S. The van der Waals surface area contributed by atoms with Crippen molar-refractivity contribution < 1.29 is 17.6 Å². The second-order valence-corrected chi connectivity index (χ2v) is 7.24. The van der Waals surface area contributed by atoms with Crippen LogP contribution in [0.2, 0.25) is 0 Å². The number of halogens is 1. The van der Waals surface area contributed by atoms with Crippen molar-refractivity contribution in [1.82, 2.24) is 4.31 Å². The van der Waals surface area contributed by atoms with E-state index in [-0.39, 0.29) is 23.7 Å². The molecule has 0 saturated carbocycles. The molecule has 0 heterocycles. The summed E-state index contributed by atoms with van der Waals surface area (Å²) in [6.45, 7) is 3.32. The molecule has 0 spiro atoms. The second kappa shape index (κ2) is 7.55. The van der Waals surface area contributed by atoms with Crippen molar-refractivity contribution in [3.63, 3.8) is 0 Å². The molecule has 0 atom stereocenters. The first-order valence-electron chi connectivity index (χ1n) is 7.45. The van der Waals surface area contributed by atoms with Crippen LogP contribution in [0.3, 0.4) is 0 Å². The first-order chi connectivity index (χ1) is 11.3. The monoisotopic (exact) mass is 350 g/mol. The number of benzene rings is 2. The molecule has 0 fully saturated rings. The van der Waals surface area contributed by atoms with Gasteiger partial charge < -0.3 is 5.32 Å². The average molecular weight is 350 g/mol. The van der Waals surface area contributed by atoms with E-state index in [1.807, 2.05) is 6.92 Å². The van der Waals surface area contributed by atoms with E-state index in [1.165, 1.54) is 36.4 Å². The lowest BCUT2D eigenvalue weighted by molar-refractivity contribution is -0.116. The maximum Gasteiger partial charge on any atom is 0.243 e. The maximum atomic E-state index is 13.1. The lowest BCUT2D eigenvalue weighted by atomic mass is 10.2. The summed E-state index contributed by atoms with van der Waals surface area (Å²) in [5.41, 5.74) is 1.23. The Bertz CT molecular complexity index is 820. The Morgan fingerprint density at radius 2 is 1.83 bits per heavy atom. The molecule has 2 aromatic carbocycles. The number of hydrogen-bond acceptors (Lipinski definition) is 3. The standard InChI is InChI=1S/C17H19FN2O3S/c1-3-20(24(22,23)16-9-7-13(2)8-10-16)12-17(21)19-15-6-4-5-14(18)11-15/h4-11H,3,12H2,1-2H3,(H,19,21). The van der Waals surface area contributed by atoms with Crippen LogP contribution in [0, 0.1) is 12.7 Å². The third-order valence-corrected chi connectivity index (χ3v) is 5.37. The number of carbonyl (C=O) groups excluding carboxylic acids is 1. The minimum absolute atomic E-state index is 0.133. The van der Waals surface area contributed by atoms with Crippen molar-refractivity contribution in [3.8, 4) is 0 Å². The maximum absolute atomic E-state index is 13.1. The number of carbonyl (C=O) groups is 1. The Balaban J connectivity index is 2.13. The van der Waals surface area contributed by atoms with Crippen LogP contribution in [0.25, 0.3) is 0 Å². The first kappa shape index (κ1) is 18.1. The molecule has 2 rings (SSSR count). The molecule has 0 aromatic heterocycles. The molecule has 0 saturated heterocycles. The molecule has 5 nitrogen and oxygen atoms in total. The molecule has 0 aliphatic carbocycles. The molecule has 1 N–H and O–H groups in total. The van der Waals surface area contributed by atoms with E-state index < -0.39 is 21.7 Å². The topological polar surface area (TPSA) is 66.5 Å². The van der Waals surface area contributed by atoms with Crippen LogP contribution in [-0.4, -0.2) is 31.7 Å². The van der Waals surface area contributed by atoms with Crippen molar-refractivity contribution in [3.05, 3.63) is 59.9 Å². The fourth-order valence-electron chi connectivity index (χ4n) is 2.15. The molecule has 0 aliphatic rings. The van der Waals surface area contributed by atoms with Crippen molar-refractivity contribution in [1.29, 1.82) is 0 Å². The van der Waals surface area contributed by atoms with Crippen LogP contribution in [0.1, 0.15) is 12.5 Å². The van der Waals surface area contributed by atoms with Gasteiger partial charge in [0.2, 0.25) is 15.9 Å². The molecule has 24 heavy (non-hydrogen) atoms. The minimum Gasteiger partial charge on any atom is -0.325 e. The van der Waals surface area contributed by atoms with E-state index in [4.69, 9.17) is 0 Å². The van der Waals surface area contributed by atoms with Gasteiger partial charge in [0, 0.05) is 12.2 Å². The molecular weight excluding hydrogens is 331 g/mol. The average Bonchev–Trinajstić information content (AvgIpc) is 2.53. The van der Waals surface area contributed by atoms with Gasteiger partial charge in [-0.1, -0.05) is 30.7 Å². The molecule has 0 unspecified atom stereocenters. The van der Waals surface area contributed by atoms with Crippen molar-refractivity contribution in [2.75, 3.05) is 18.4 Å². The van der Waals surface area contributed by atoms with Crippen LogP contribution in [-0.2, 0) is 14.8 Å². The SMILES string of the molecule is CCN(CC(=O)Nc1cccc(F)c1)S(=O)(=O)c1ccc(C)cc1. The Kier molecular flexibility index (Phi) is 5.69. The molecule has 128 valence electrons. The summed E-state index contributed by atoms with van der Waals surface area (Å²) < 4.78 is 39.4. The van der Waals surface area contributed by atoms with Gasteiger partial charge in [-0.05, 0) is 37.3 Å². The molecule has 7 heteroatoms. The highest BCUT2D eigenvalue weighted by Gasteiger charge is 2.25. The number of hydrogen-bond donors (Lipinski definition) is 1. The summed E-state index contributed by atoms with van der Waals surface area (Å²) in [4.78, 5) is 12.2. The number of amides is 1. The Hall–Kier alpha value is -2.25. The third kappa shape index (κ3) is 4.39. The summed E-state index contributed by atoms with van der Waals surface area (Å²) in [6, 6.07) is 11.9. The van der Waals surface area contributed by atoms with Gasteiger partial charge in [0.05, 0.1) is 11.4 Å². The van der Waals surface area contributed by atoms with Crippen molar-refractivity contribution in [2.45, 2.75) is 18.7 Å². The van der Waals surface area contributed by atoms with E-state index in [0.717, 1.165) is 9.87 Å². The lowest BCUT2D eigenvalue weighted by Gasteiger charge is -2.20. The number of sulfonamides is 1. The second-order valence-electron chi connectivity index (χ2n) is 5.30. The Morgan fingerprint density at radius 3 is 2.42 bits per heavy atom. The highest BCUT2D eigenvalue weighted by atomic mass is 32.2. The van der Waals surface area contributed by atoms with E-state index in [0.29, 0.717) is 0 Å². The van der Waals surface area contributed by atoms with Gasteiger partial charge in [-0.3, -0.25) is 4.79 Å². The minimum atomic E-state index is -3.76.